The van der Waals surface area contributed by atoms with Gasteiger partial charge >= 0.3 is 0 Å². The van der Waals surface area contributed by atoms with Crippen molar-refractivity contribution in [1.29, 1.82) is 0 Å². The van der Waals surface area contributed by atoms with Gasteiger partial charge in [-0.05, 0) is 26.8 Å². The molecule has 0 atom stereocenters. The fourth-order valence-electron chi connectivity index (χ4n) is 2.59. The van der Waals surface area contributed by atoms with Gasteiger partial charge in [-0.3, -0.25) is 9.79 Å². The summed E-state index contributed by atoms with van der Waals surface area (Å²) in [4.78, 5) is 29.1. The summed E-state index contributed by atoms with van der Waals surface area (Å²) in [5.74, 6) is 1.60. The zero-order valence-corrected chi connectivity index (χ0v) is 15.6. The van der Waals surface area contributed by atoms with E-state index >= 15 is 0 Å². The number of amides is 1. The average Bonchev–Trinajstić information content (AvgIpc) is 2.60. The number of rotatable bonds is 4. The van der Waals surface area contributed by atoms with Gasteiger partial charge < -0.3 is 20.4 Å². The second-order valence-corrected chi connectivity index (χ2v) is 7.04. The van der Waals surface area contributed by atoms with Crippen molar-refractivity contribution in [2.24, 2.45) is 4.99 Å². The van der Waals surface area contributed by atoms with Crippen molar-refractivity contribution >= 4 is 17.8 Å². The summed E-state index contributed by atoms with van der Waals surface area (Å²) in [5, 5.41) is 6.47. The first kappa shape index (κ1) is 19.0. The molecule has 0 aromatic carbocycles. The largest absolute Gasteiger partial charge is 0.356 e. The Hall–Kier alpha value is -2.38. The van der Waals surface area contributed by atoms with Gasteiger partial charge in [-0.2, -0.15) is 0 Å². The van der Waals surface area contributed by atoms with Gasteiger partial charge in [0.05, 0.1) is 0 Å². The molecule has 0 radical (unpaired) electrons. The zero-order chi connectivity index (χ0) is 18.3. The topological polar surface area (TPSA) is 85.8 Å². The van der Waals surface area contributed by atoms with Gasteiger partial charge in [-0.15, -0.1) is 0 Å². The Morgan fingerprint density at radius 3 is 2.40 bits per heavy atom. The number of carbonyl (C=O) groups is 1. The van der Waals surface area contributed by atoms with Crippen LogP contribution in [0.25, 0.3) is 0 Å². The molecule has 25 heavy (non-hydrogen) atoms. The molecule has 8 nitrogen and oxygen atoms in total. The number of anilines is 1. The van der Waals surface area contributed by atoms with Crippen LogP contribution in [0.1, 0.15) is 27.2 Å². The molecule has 2 N–H and O–H groups in total. The molecule has 0 spiro atoms. The summed E-state index contributed by atoms with van der Waals surface area (Å²) in [7, 11) is 1.73. The van der Waals surface area contributed by atoms with Crippen molar-refractivity contribution in [3.8, 4) is 0 Å². The van der Waals surface area contributed by atoms with E-state index in [4.69, 9.17) is 0 Å². The van der Waals surface area contributed by atoms with Gasteiger partial charge in [0, 0.05) is 64.1 Å². The van der Waals surface area contributed by atoms with E-state index in [2.05, 4.69) is 51.3 Å². The minimum atomic E-state index is -0.0678. The van der Waals surface area contributed by atoms with Crippen LogP contribution in [0.4, 0.5) is 5.95 Å². The molecule has 1 aliphatic heterocycles. The molecule has 2 rings (SSSR count). The standard InChI is InChI=1S/C17H29N7O/c1-17(2,3)22-15(18-4)19-9-6-14(25)23-10-12-24(13-11-23)16-20-7-5-8-21-16/h5,7-8H,6,9-13H2,1-4H3,(H2,18,19,22). The van der Waals surface area contributed by atoms with Gasteiger partial charge in [0.1, 0.15) is 0 Å². The van der Waals surface area contributed by atoms with Crippen LogP contribution in [0.15, 0.2) is 23.5 Å². The maximum atomic E-state index is 12.4. The highest BCUT2D eigenvalue weighted by molar-refractivity contribution is 5.81. The molecule has 0 bridgehead atoms. The van der Waals surface area contributed by atoms with E-state index in [1.54, 1.807) is 25.5 Å². The van der Waals surface area contributed by atoms with Crippen molar-refractivity contribution in [1.82, 2.24) is 25.5 Å². The predicted molar refractivity (Wildman–Crippen MR) is 99.7 cm³/mol. The molecular formula is C17H29N7O. The molecule has 8 heteroatoms. The summed E-state index contributed by atoms with van der Waals surface area (Å²) in [6, 6.07) is 1.80. The highest BCUT2D eigenvalue weighted by Gasteiger charge is 2.22. The monoisotopic (exact) mass is 347 g/mol. The molecule has 0 saturated carbocycles. The number of aliphatic imine (C=N–C) groups is 1. The Bertz CT molecular complexity index is 574. The maximum Gasteiger partial charge on any atom is 0.225 e. The Kier molecular flexibility index (Phi) is 6.55. The molecule has 1 aliphatic rings. The lowest BCUT2D eigenvalue weighted by Gasteiger charge is -2.34. The average molecular weight is 347 g/mol. The van der Waals surface area contributed by atoms with Crippen molar-refractivity contribution in [2.45, 2.75) is 32.7 Å². The second-order valence-electron chi connectivity index (χ2n) is 7.04. The minimum Gasteiger partial charge on any atom is -0.356 e. The highest BCUT2D eigenvalue weighted by atomic mass is 16.2. The molecule has 1 saturated heterocycles. The van der Waals surface area contributed by atoms with Crippen LogP contribution in [-0.4, -0.2) is 72.0 Å². The number of guanidine groups is 1. The Morgan fingerprint density at radius 1 is 1.20 bits per heavy atom. The lowest BCUT2D eigenvalue weighted by atomic mass is 10.1. The zero-order valence-electron chi connectivity index (χ0n) is 15.6. The van der Waals surface area contributed by atoms with E-state index in [1.165, 1.54) is 0 Å². The summed E-state index contributed by atoms with van der Waals surface area (Å²) in [5.41, 5.74) is -0.0678. The van der Waals surface area contributed by atoms with Crippen LogP contribution < -0.4 is 15.5 Å². The van der Waals surface area contributed by atoms with Crippen LogP contribution in [0.3, 0.4) is 0 Å². The van der Waals surface area contributed by atoms with Gasteiger partial charge in [-0.25, -0.2) is 9.97 Å². The first-order valence-electron chi connectivity index (χ1n) is 8.67. The normalized spacial score (nSPS) is 15.9. The lowest BCUT2D eigenvalue weighted by Crippen LogP contribution is -2.50. The molecule has 138 valence electrons. The molecule has 1 amide bonds. The third-order valence-electron chi connectivity index (χ3n) is 3.82. The van der Waals surface area contributed by atoms with E-state index in [0.717, 1.165) is 19.0 Å². The fraction of sp³-hybridized carbons (Fsp3) is 0.647. The van der Waals surface area contributed by atoms with Crippen LogP contribution in [0.5, 0.6) is 0 Å². The number of nitrogens with one attached hydrogen (secondary N) is 2. The van der Waals surface area contributed by atoms with Crippen molar-refractivity contribution in [2.75, 3.05) is 44.7 Å². The summed E-state index contributed by atoms with van der Waals surface area (Å²) in [6.07, 6.45) is 3.93. The Labute approximate surface area is 149 Å². The highest BCUT2D eigenvalue weighted by Crippen LogP contribution is 2.10. The Morgan fingerprint density at radius 2 is 1.84 bits per heavy atom. The van der Waals surface area contributed by atoms with E-state index < -0.39 is 0 Å². The molecule has 0 unspecified atom stereocenters. The number of piperazine rings is 1. The van der Waals surface area contributed by atoms with Crippen LogP contribution >= 0.6 is 0 Å². The van der Waals surface area contributed by atoms with E-state index in [9.17, 15) is 4.79 Å². The summed E-state index contributed by atoms with van der Waals surface area (Å²) < 4.78 is 0. The third kappa shape index (κ3) is 6.21. The molecule has 2 heterocycles. The predicted octanol–water partition coefficient (Wildman–Crippen LogP) is 0.479. The molecule has 0 aliphatic carbocycles. The van der Waals surface area contributed by atoms with Crippen LogP contribution in [0, 0.1) is 0 Å². The summed E-state index contributed by atoms with van der Waals surface area (Å²) in [6.45, 7) is 9.70. The van der Waals surface area contributed by atoms with Crippen LogP contribution in [0.2, 0.25) is 0 Å². The van der Waals surface area contributed by atoms with Crippen molar-refractivity contribution < 1.29 is 4.79 Å². The number of aromatic nitrogens is 2. The smallest absolute Gasteiger partial charge is 0.225 e. The fourth-order valence-corrected chi connectivity index (χ4v) is 2.59. The summed E-state index contributed by atoms with van der Waals surface area (Å²) >= 11 is 0. The minimum absolute atomic E-state index is 0.0678. The van der Waals surface area contributed by atoms with Crippen molar-refractivity contribution in [3.05, 3.63) is 18.5 Å². The first-order chi connectivity index (χ1) is 11.9. The maximum absolute atomic E-state index is 12.4. The third-order valence-corrected chi connectivity index (χ3v) is 3.82. The SMILES string of the molecule is CN=C(NCCC(=O)N1CCN(c2ncccn2)CC1)NC(C)(C)C. The molecular weight excluding hydrogens is 318 g/mol. The van der Waals surface area contributed by atoms with Gasteiger partial charge in [0.25, 0.3) is 0 Å². The Balaban J connectivity index is 1.72. The van der Waals surface area contributed by atoms with Crippen LogP contribution in [-0.2, 0) is 4.79 Å². The van der Waals surface area contributed by atoms with E-state index in [-0.39, 0.29) is 11.4 Å². The number of nitrogens with zero attached hydrogens (tertiary/aromatic N) is 5. The lowest BCUT2D eigenvalue weighted by molar-refractivity contribution is -0.131. The molecule has 1 aromatic heterocycles. The second kappa shape index (κ2) is 8.64. The quantitative estimate of drug-likeness (QED) is 0.609. The van der Waals surface area contributed by atoms with Gasteiger partial charge in [-0.1, -0.05) is 0 Å². The number of hydrogen-bond donors (Lipinski definition) is 2. The van der Waals surface area contributed by atoms with Gasteiger partial charge in [0.15, 0.2) is 5.96 Å². The molecule has 1 aromatic rings. The van der Waals surface area contributed by atoms with E-state index in [0.29, 0.717) is 32.0 Å². The number of hydrogen-bond acceptors (Lipinski definition) is 5. The van der Waals surface area contributed by atoms with Gasteiger partial charge in [0.2, 0.25) is 11.9 Å². The van der Waals surface area contributed by atoms with E-state index in [1.807, 2.05) is 4.90 Å². The first-order valence-corrected chi connectivity index (χ1v) is 8.67. The molecule has 1 fully saturated rings. The van der Waals surface area contributed by atoms with Crippen molar-refractivity contribution in [3.63, 3.8) is 0 Å². The number of carbonyl (C=O) groups excluding carboxylic acids is 1.